The van der Waals surface area contributed by atoms with Gasteiger partial charge in [-0.2, -0.15) is 0 Å². The Kier molecular flexibility index (Phi) is 6.49. The third kappa shape index (κ3) is 5.50. The summed E-state index contributed by atoms with van der Waals surface area (Å²) in [5.41, 5.74) is 2.51. The molecule has 0 fully saturated rings. The molecular weight excluding hydrogens is 307 g/mol. The van der Waals surface area contributed by atoms with Gasteiger partial charge in [0.1, 0.15) is 5.82 Å². The van der Waals surface area contributed by atoms with E-state index in [-0.39, 0.29) is 12.4 Å². The summed E-state index contributed by atoms with van der Waals surface area (Å²) in [7, 11) is 0. The maximum atomic E-state index is 12.8. The molecule has 0 aliphatic rings. The monoisotopic (exact) mass is 328 g/mol. The summed E-state index contributed by atoms with van der Waals surface area (Å²) < 4.78 is 12.8. The van der Waals surface area contributed by atoms with E-state index in [9.17, 15) is 14.0 Å². The highest BCUT2D eigenvalue weighted by atomic mass is 19.1. The van der Waals surface area contributed by atoms with Crippen molar-refractivity contribution in [2.24, 2.45) is 0 Å². The summed E-state index contributed by atoms with van der Waals surface area (Å²) in [6.45, 7) is 2.31. The van der Waals surface area contributed by atoms with Crippen molar-refractivity contribution in [3.8, 4) is 0 Å². The van der Waals surface area contributed by atoms with Crippen LogP contribution in [0.4, 0.5) is 10.1 Å². The van der Waals surface area contributed by atoms with Gasteiger partial charge in [0.15, 0.2) is 0 Å². The number of anilines is 1. The molecular formula is C19H21FN2O2. The van der Waals surface area contributed by atoms with Crippen molar-refractivity contribution in [3.05, 3.63) is 65.5 Å². The SMILES string of the molecule is CCCCc1ccc(NC(=O)C(=O)NCc2ccc(F)cc2)cc1. The number of hydrogen-bond donors (Lipinski definition) is 2. The molecule has 2 amide bonds. The smallest absolute Gasteiger partial charge is 0.313 e. The normalized spacial score (nSPS) is 10.2. The van der Waals surface area contributed by atoms with Gasteiger partial charge in [0, 0.05) is 12.2 Å². The van der Waals surface area contributed by atoms with Gasteiger partial charge in [-0.1, -0.05) is 37.6 Å². The van der Waals surface area contributed by atoms with Crippen LogP contribution in [-0.4, -0.2) is 11.8 Å². The quantitative estimate of drug-likeness (QED) is 0.798. The van der Waals surface area contributed by atoms with Gasteiger partial charge in [-0.05, 0) is 48.2 Å². The van der Waals surface area contributed by atoms with Crippen molar-refractivity contribution >= 4 is 17.5 Å². The van der Waals surface area contributed by atoms with Gasteiger partial charge < -0.3 is 10.6 Å². The highest BCUT2D eigenvalue weighted by molar-refractivity contribution is 6.39. The highest BCUT2D eigenvalue weighted by Gasteiger charge is 2.13. The van der Waals surface area contributed by atoms with Crippen molar-refractivity contribution in [1.82, 2.24) is 5.32 Å². The first-order valence-corrected chi connectivity index (χ1v) is 8.01. The average Bonchev–Trinajstić information content (AvgIpc) is 2.60. The fourth-order valence-corrected chi connectivity index (χ4v) is 2.19. The van der Waals surface area contributed by atoms with Crippen LogP contribution >= 0.6 is 0 Å². The fourth-order valence-electron chi connectivity index (χ4n) is 2.19. The van der Waals surface area contributed by atoms with Crippen LogP contribution < -0.4 is 10.6 Å². The molecule has 0 bridgehead atoms. The first-order valence-electron chi connectivity index (χ1n) is 8.01. The molecule has 126 valence electrons. The predicted octanol–water partition coefficient (Wildman–Crippen LogP) is 3.42. The number of benzene rings is 2. The first kappa shape index (κ1) is 17.7. The second-order valence-corrected chi connectivity index (χ2v) is 5.56. The Hall–Kier alpha value is -2.69. The Labute approximate surface area is 141 Å². The molecule has 0 unspecified atom stereocenters. The number of halogens is 1. The minimum atomic E-state index is -0.727. The zero-order valence-corrected chi connectivity index (χ0v) is 13.6. The Morgan fingerprint density at radius 1 is 0.917 bits per heavy atom. The van der Waals surface area contributed by atoms with Crippen molar-refractivity contribution in [2.45, 2.75) is 32.7 Å². The molecule has 2 aromatic carbocycles. The Balaban J connectivity index is 1.82. The summed E-state index contributed by atoms with van der Waals surface area (Å²) in [5.74, 6) is -1.79. The largest absolute Gasteiger partial charge is 0.344 e. The number of aryl methyl sites for hydroxylation is 1. The van der Waals surface area contributed by atoms with Crippen LogP contribution in [0.1, 0.15) is 30.9 Å². The maximum absolute atomic E-state index is 12.8. The van der Waals surface area contributed by atoms with E-state index in [4.69, 9.17) is 0 Å². The van der Waals surface area contributed by atoms with Crippen LogP contribution in [-0.2, 0) is 22.6 Å². The van der Waals surface area contributed by atoms with Crippen molar-refractivity contribution in [2.75, 3.05) is 5.32 Å². The lowest BCUT2D eigenvalue weighted by atomic mass is 10.1. The van der Waals surface area contributed by atoms with Crippen molar-refractivity contribution < 1.29 is 14.0 Å². The summed E-state index contributed by atoms with van der Waals surface area (Å²) in [6.07, 6.45) is 3.26. The van der Waals surface area contributed by atoms with Gasteiger partial charge in [-0.3, -0.25) is 9.59 Å². The zero-order chi connectivity index (χ0) is 17.4. The number of rotatable bonds is 6. The number of nitrogens with one attached hydrogen (secondary N) is 2. The van der Waals surface area contributed by atoms with E-state index in [0.717, 1.165) is 24.8 Å². The molecule has 2 aromatic rings. The molecule has 0 spiro atoms. The third-order valence-corrected chi connectivity index (χ3v) is 3.60. The molecule has 0 aliphatic heterocycles. The lowest BCUT2D eigenvalue weighted by Gasteiger charge is -2.07. The van der Waals surface area contributed by atoms with E-state index < -0.39 is 11.8 Å². The molecule has 2 N–H and O–H groups in total. The van der Waals surface area contributed by atoms with Gasteiger partial charge in [-0.25, -0.2) is 4.39 Å². The van der Waals surface area contributed by atoms with Gasteiger partial charge in [-0.15, -0.1) is 0 Å². The summed E-state index contributed by atoms with van der Waals surface area (Å²) in [5, 5.41) is 5.06. The average molecular weight is 328 g/mol. The predicted molar refractivity (Wildman–Crippen MR) is 91.9 cm³/mol. The third-order valence-electron chi connectivity index (χ3n) is 3.60. The minimum Gasteiger partial charge on any atom is -0.344 e. The second kappa shape index (κ2) is 8.82. The number of carbonyl (C=O) groups is 2. The Morgan fingerprint density at radius 2 is 1.54 bits per heavy atom. The van der Waals surface area contributed by atoms with Crippen LogP contribution in [0.5, 0.6) is 0 Å². The zero-order valence-electron chi connectivity index (χ0n) is 13.6. The van der Waals surface area contributed by atoms with E-state index >= 15 is 0 Å². The highest BCUT2D eigenvalue weighted by Crippen LogP contribution is 2.11. The van der Waals surface area contributed by atoms with Crippen LogP contribution in [0.25, 0.3) is 0 Å². The lowest BCUT2D eigenvalue weighted by molar-refractivity contribution is -0.136. The summed E-state index contributed by atoms with van der Waals surface area (Å²) >= 11 is 0. The van der Waals surface area contributed by atoms with Gasteiger partial charge in [0.2, 0.25) is 0 Å². The van der Waals surface area contributed by atoms with Crippen LogP contribution in [0.15, 0.2) is 48.5 Å². The number of hydrogen-bond acceptors (Lipinski definition) is 2. The molecule has 4 nitrogen and oxygen atoms in total. The second-order valence-electron chi connectivity index (χ2n) is 5.56. The Morgan fingerprint density at radius 3 is 2.17 bits per heavy atom. The van der Waals surface area contributed by atoms with Crippen LogP contribution in [0, 0.1) is 5.82 Å². The van der Waals surface area contributed by atoms with Crippen molar-refractivity contribution in [1.29, 1.82) is 0 Å². The van der Waals surface area contributed by atoms with E-state index in [1.807, 2.05) is 12.1 Å². The molecule has 0 saturated carbocycles. The van der Waals surface area contributed by atoms with Crippen molar-refractivity contribution in [3.63, 3.8) is 0 Å². The lowest BCUT2D eigenvalue weighted by Crippen LogP contribution is -2.34. The van der Waals surface area contributed by atoms with E-state index in [2.05, 4.69) is 17.6 Å². The summed E-state index contributed by atoms with van der Waals surface area (Å²) in [6, 6.07) is 13.2. The minimum absolute atomic E-state index is 0.169. The Bertz CT molecular complexity index is 682. The number of unbranched alkanes of at least 4 members (excludes halogenated alkanes) is 1. The molecule has 0 radical (unpaired) electrons. The van der Waals surface area contributed by atoms with Gasteiger partial charge >= 0.3 is 11.8 Å². The van der Waals surface area contributed by atoms with E-state index in [1.54, 1.807) is 24.3 Å². The first-order chi connectivity index (χ1) is 11.6. The van der Waals surface area contributed by atoms with E-state index in [1.165, 1.54) is 17.7 Å². The maximum Gasteiger partial charge on any atom is 0.313 e. The number of amides is 2. The molecule has 0 saturated heterocycles. The van der Waals surface area contributed by atoms with Gasteiger partial charge in [0.25, 0.3) is 0 Å². The molecule has 0 heterocycles. The fraction of sp³-hybridized carbons (Fsp3) is 0.263. The molecule has 0 aromatic heterocycles. The van der Waals surface area contributed by atoms with Crippen LogP contribution in [0.2, 0.25) is 0 Å². The molecule has 24 heavy (non-hydrogen) atoms. The molecule has 0 atom stereocenters. The topological polar surface area (TPSA) is 58.2 Å². The van der Waals surface area contributed by atoms with Gasteiger partial charge in [0.05, 0.1) is 0 Å². The molecule has 2 rings (SSSR count). The molecule has 5 heteroatoms. The standard InChI is InChI=1S/C19H21FN2O2/c1-2-3-4-14-7-11-17(12-8-14)22-19(24)18(23)21-13-15-5-9-16(20)10-6-15/h5-12H,2-4,13H2,1H3,(H,21,23)(H,22,24). The van der Waals surface area contributed by atoms with Crippen LogP contribution in [0.3, 0.4) is 0 Å². The van der Waals surface area contributed by atoms with E-state index in [0.29, 0.717) is 5.69 Å². The summed E-state index contributed by atoms with van der Waals surface area (Å²) in [4.78, 5) is 23.7. The number of carbonyl (C=O) groups excluding carboxylic acids is 2. The molecule has 0 aliphatic carbocycles.